The minimum Gasteiger partial charge on any atom is -0.497 e. The van der Waals surface area contributed by atoms with E-state index in [0.29, 0.717) is 18.0 Å². The van der Waals surface area contributed by atoms with Crippen LogP contribution in [0.25, 0.3) is 0 Å². The molecule has 1 N–H and O–H groups in total. The van der Waals surface area contributed by atoms with Gasteiger partial charge in [0.2, 0.25) is 15.9 Å². The normalized spacial score (nSPS) is 12.5. The van der Waals surface area contributed by atoms with E-state index in [1.807, 2.05) is 24.3 Å². The molecule has 0 spiro atoms. The summed E-state index contributed by atoms with van der Waals surface area (Å²) in [6, 6.07) is 12.7. The molecule has 0 bridgehead atoms. The molecule has 0 radical (unpaired) electrons. The largest absolute Gasteiger partial charge is 0.497 e. The van der Waals surface area contributed by atoms with Gasteiger partial charge in [0.25, 0.3) is 0 Å². The molecule has 8 heteroatoms. The Morgan fingerprint density at radius 2 is 1.71 bits per heavy atom. The van der Waals surface area contributed by atoms with E-state index in [9.17, 15) is 17.6 Å². The van der Waals surface area contributed by atoms with Gasteiger partial charge in [-0.3, -0.25) is 9.10 Å². The van der Waals surface area contributed by atoms with Crippen LogP contribution in [0.15, 0.2) is 48.5 Å². The Kier molecular flexibility index (Phi) is 8.86. The average Bonchev–Trinajstić information content (AvgIpc) is 2.70. The van der Waals surface area contributed by atoms with E-state index in [2.05, 4.69) is 19.2 Å². The summed E-state index contributed by atoms with van der Waals surface area (Å²) >= 11 is 0. The third kappa shape index (κ3) is 7.86. The van der Waals surface area contributed by atoms with Gasteiger partial charge in [-0.25, -0.2) is 12.8 Å². The van der Waals surface area contributed by atoms with Crippen LogP contribution in [0.3, 0.4) is 0 Å². The molecular weight excluding hydrogens is 419 g/mol. The van der Waals surface area contributed by atoms with Gasteiger partial charge < -0.3 is 10.1 Å². The first kappa shape index (κ1) is 24.7. The van der Waals surface area contributed by atoms with E-state index in [1.54, 1.807) is 7.11 Å². The Balaban J connectivity index is 2.00. The number of carbonyl (C=O) groups excluding carboxylic acids is 1. The van der Waals surface area contributed by atoms with E-state index in [-0.39, 0.29) is 24.9 Å². The number of rotatable bonds is 11. The minimum atomic E-state index is -3.55. The molecule has 0 aliphatic rings. The summed E-state index contributed by atoms with van der Waals surface area (Å²) in [5.41, 5.74) is 1.37. The second-order valence-electron chi connectivity index (χ2n) is 7.94. The molecule has 0 aliphatic carbocycles. The number of hydrogen-bond acceptors (Lipinski definition) is 4. The number of methoxy groups -OCH3 is 1. The number of ether oxygens (including phenoxy) is 1. The van der Waals surface area contributed by atoms with Crippen molar-refractivity contribution in [2.24, 2.45) is 5.92 Å². The summed E-state index contributed by atoms with van der Waals surface area (Å²) in [6.45, 7) is 4.32. The number of nitrogens with one attached hydrogen (secondary N) is 1. The predicted molar refractivity (Wildman–Crippen MR) is 121 cm³/mol. The van der Waals surface area contributed by atoms with Crippen molar-refractivity contribution in [2.75, 3.05) is 24.2 Å². The molecule has 2 aromatic rings. The van der Waals surface area contributed by atoms with Gasteiger partial charge in [-0.1, -0.05) is 26.0 Å². The third-order valence-corrected chi connectivity index (χ3v) is 6.03. The lowest BCUT2D eigenvalue weighted by atomic mass is 9.96. The molecule has 0 saturated heterocycles. The molecule has 170 valence electrons. The molecule has 6 nitrogen and oxygen atoms in total. The van der Waals surface area contributed by atoms with Crippen molar-refractivity contribution in [1.29, 1.82) is 0 Å². The van der Waals surface area contributed by atoms with E-state index < -0.39 is 15.8 Å². The summed E-state index contributed by atoms with van der Waals surface area (Å²) in [7, 11) is -1.94. The summed E-state index contributed by atoms with van der Waals surface area (Å²) in [5, 5.41) is 3.06. The Hall–Kier alpha value is -2.61. The number of amides is 1. The van der Waals surface area contributed by atoms with Crippen molar-refractivity contribution in [2.45, 2.75) is 39.2 Å². The van der Waals surface area contributed by atoms with Gasteiger partial charge in [-0.2, -0.15) is 0 Å². The molecule has 2 aromatic carbocycles. The fraction of sp³-hybridized carbons (Fsp3) is 0.435. The molecule has 2 rings (SSSR count). The average molecular weight is 451 g/mol. The van der Waals surface area contributed by atoms with Gasteiger partial charge in [0.1, 0.15) is 11.6 Å². The van der Waals surface area contributed by atoms with Crippen LogP contribution < -0.4 is 14.4 Å². The van der Waals surface area contributed by atoms with Crippen molar-refractivity contribution in [3.8, 4) is 5.75 Å². The maximum Gasteiger partial charge on any atom is 0.232 e. The maximum absolute atomic E-state index is 13.2. The highest BCUT2D eigenvalue weighted by atomic mass is 32.2. The van der Waals surface area contributed by atoms with Gasteiger partial charge >= 0.3 is 0 Å². The molecule has 0 unspecified atom stereocenters. The third-order valence-electron chi connectivity index (χ3n) is 4.84. The van der Waals surface area contributed by atoms with Crippen LogP contribution in [0.2, 0.25) is 0 Å². The fourth-order valence-electron chi connectivity index (χ4n) is 3.33. The maximum atomic E-state index is 13.2. The van der Waals surface area contributed by atoms with Crippen LogP contribution in [0.4, 0.5) is 10.1 Å². The summed E-state index contributed by atoms with van der Waals surface area (Å²) in [6.07, 6.45) is 2.40. The van der Waals surface area contributed by atoms with Crippen molar-refractivity contribution >= 4 is 21.6 Å². The molecule has 0 fully saturated rings. The monoisotopic (exact) mass is 450 g/mol. The van der Waals surface area contributed by atoms with Crippen LogP contribution in [0, 0.1) is 11.7 Å². The first-order valence-electron chi connectivity index (χ1n) is 10.3. The highest BCUT2D eigenvalue weighted by Crippen LogP contribution is 2.24. The first-order chi connectivity index (χ1) is 14.6. The number of sulfonamides is 1. The van der Waals surface area contributed by atoms with E-state index in [1.165, 1.54) is 28.6 Å². The van der Waals surface area contributed by atoms with Gasteiger partial charge in [-0.05, 0) is 60.7 Å². The van der Waals surface area contributed by atoms with E-state index >= 15 is 0 Å². The summed E-state index contributed by atoms with van der Waals surface area (Å²) < 4.78 is 43.9. The minimum absolute atomic E-state index is 0.134. The Morgan fingerprint density at radius 1 is 1.10 bits per heavy atom. The lowest BCUT2D eigenvalue weighted by Crippen LogP contribution is -2.33. The number of benzene rings is 2. The number of halogens is 1. The summed E-state index contributed by atoms with van der Waals surface area (Å²) in [4.78, 5) is 12.6. The zero-order valence-corrected chi connectivity index (χ0v) is 19.3. The van der Waals surface area contributed by atoms with Gasteiger partial charge in [0.15, 0.2) is 0 Å². The number of nitrogens with zero attached hydrogens (tertiary/aromatic N) is 1. The zero-order chi connectivity index (χ0) is 23.0. The van der Waals surface area contributed by atoms with Crippen LogP contribution in [-0.4, -0.2) is 34.2 Å². The van der Waals surface area contributed by atoms with Gasteiger partial charge in [0, 0.05) is 13.0 Å². The van der Waals surface area contributed by atoms with Crippen molar-refractivity contribution in [1.82, 2.24) is 5.32 Å². The Bertz CT molecular complexity index is 945. The lowest BCUT2D eigenvalue weighted by Gasteiger charge is -2.23. The Morgan fingerprint density at radius 3 is 2.23 bits per heavy atom. The quantitative estimate of drug-likeness (QED) is 0.554. The zero-order valence-electron chi connectivity index (χ0n) is 18.5. The molecular formula is C23H31FN2O4S. The SMILES string of the molecule is COc1ccc([C@H](CC(C)C)NC(=O)CCCN(c2ccc(F)cc2)S(C)(=O)=O)cc1. The van der Waals surface area contributed by atoms with E-state index in [0.717, 1.165) is 24.0 Å². The second-order valence-corrected chi connectivity index (χ2v) is 9.84. The number of hydrogen-bond donors (Lipinski definition) is 1. The summed E-state index contributed by atoms with van der Waals surface area (Å²) in [5.74, 6) is 0.548. The predicted octanol–water partition coefficient (Wildman–Crippen LogP) is 4.28. The first-order valence-corrected chi connectivity index (χ1v) is 12.1. The van der Waals surface area contributed by atoms with Crippen LogP contribution in [-0.2, 0) is 14.8 Å². The van der Waals surface area contributed by atoms with Crippen molar-refractivity contribution in [3.05, 3.63) is 59.9 Å². The molecule has 0 saturated carbocycles. The highest BCUT2D eigenvalue weighted by Gasteiger charge is 2.19. The van der Waals surface area contributed by atoms with Crippen LogP contribution in [0.5, 0.6) is 5.75 Å². The topological polar surface area (TPSA) is 75.7 Å². The molecule has 1 atom stereocenters. The van der Waals surface area contributed by atoms with Crippen molar-refractivity contribution < 1.29 is 22.3 Å². The molecule has 0 aliphatic heterocycles. The Labute approximate surface area is 184 Å². The van der Waals surface area contributed by atoms with Gasteiger partial charge in [-0.15, -0.1) is 0 Å². The van der Waals surface area contributed by atoms with E-state index in [4.69, 9.17) is 4.74 Å². The van der Waals surface area contributed by atoms with Crippen LogP contribution in [0.1, 0.15) is 44.7 Å². The molecule has 31 heavy (non-hydrogen) atoms. The standard InChI is InChI=1S/C23H31FN2O4S/c1-17(2)16-22(18-7-13-21(30-3)14-8-18)25-23(27)6-5-15-26(31(4,28)29)20-11-9-19(24)10-12-20/h7-14,17,22H,5-6,15-16H2,1-4H3,(H,25,27)/t22-/m0/s1. The smallest absolute Gasteiger partial charge is 0.232 e. The lowest BCUT2D eigenvalue weighted by molar-refractivity contribution is -0.122. The van der Waals surface area contributed by atoms with Crippen molar-refractivity contribution in [3.63, 3.8) is 0 Å². The van der Waals surface area contributed by atoms with Gasteiger partial charge in [0.05, 0.1) is 25.1 Å². The fourth-order valence-corrected chi connectivity index (χ4v) is 4.29. The molecule has 1 amide bonds. The molecule has 0 heterocycles. The number of anilines is 1. The second kappa shape index (κ2) is 11.1. The number of carbonyl (C=O) groups is 1. The highest BCUT2D eigenvalue weighted by molar-refractivity contribution is 7.92. The van der Waals surface area contributed by atoms with Crippen LogP contribution >= 0.6 is 0 Å². The molecule has 0 aromatic heterocycles.